The SMILES string of the molecule is COCCNC(=O)c1ccc2c(=O)n3nc(Nc4ccccc4C)sc3nc2c1. The molecule has 0 saturated carbocycles. The molecule has 0 aliphatic rings. The maximum atomic E-state index is 12.8. The monoisotopic (exact) mass is 409 g/mol. The van der Waals surface area contributed by atoms with E-state index in [0.29, 0.717) is 39.7 Å². The molecule has 2 aromatic heterocycles. The second-order valence-electron chi connectivity index (χ2n) is 6.44. The Morgan fingerprint density at radius 3 is 2.86 bits per heavy atom. The molecule has 0 saturated heterocycles. The van der Waals surface area contributed by atoms with Crippen molar-refractivity contribution in [2.75, 3.05) is 25.6 Å². The Bertz CT molecular complexity index is 1260. The van der Waals surface area contributed by atoms with Crippen LogP contribution in [-0.2, 0) is 4.74 Å². The number of fused-ring (bicyclic) bond motifs is 2. The highest BCUT2D eigenvalue weighted by molar-refractivity contribution is 7.20. The molecule has 0 atom stereocenters. The summed E-state index contributed by atoms with van der Waals surface area (Å²) in [5.41, 5.74) is 2.61. The number of methoxy groups -OCH3 is 1. The summed E-state index contributed by atoms with van der Waals surface area (Å²) in [6, 6.07) is 12.7. The fourth-order valence-corrected chi connectivity index (χ4v) is 3.71. The first kappa shape index (κ1) is 19.0. The molecule has 4 aromatic rings. The van der Waals surface area contributed by atoms with Crippen LogP contribution in [0.2, 0.25) is 0 Å². The summed E-state index contributed by atoms with van der Waals surface area (Å²) >= 11 is 1.27. The maximum absolute atomic E-state index is 12.8. The zero-order valence-electron chi connectivity index (χ0n) is 15.9. The van der Waals surface area contributed by atoms with Crippen LogP contribution in [0.4, 0.5) is 10.8 Å². The Morgan fingerprint density at radius 1 is 1.24 bits per heavy atom. The van der Waals surface area contributed by atoms with Crippen molar-refractivity contribution in [1.29, 1.82) is 0 Å². The number of hydrogen-bond donors (Lipinski definition) is 2. The van der Waals surface area contributed by atoms with E-state index in [9.17, 15) is 9.59 Å². The van der Waals surface area contributed by atoms with Crippen molar-refractivity contribution in [3.05, 3.63) is 63.9 Å². The van der Waals surface area contributed by atoms with Crippen LogP contribution in [0.5, 0.6) is 0 Å². The number of aryl methyl sites for hydroxylation is 1. The van der Waals surface area contributed by atoms with Crippen molar-refractivity contribution < 1.29 is 9.53 Å². The van der Waals surface area contributed by atoms with Crippen LogP contribution >= 0.6 is 11.3 Å². The minimum absolute atomic E-state index is 0.239. The first-order valence-corrected chi connectivity index (χ1v) is 9.82. The molecular formula is C20H19N5O3S. The molecule has 2 N–H and O–H groups in total. The predicted molar refractivity (Wildman–Crippen MR) is 113 cm³/mol. The van der Waals surface area contributed by atoms with Gasteiger partial charge in [-0.2, -0.15) is 4.52 Å². The average Bonchev–Trinajstić information content (AvgIpc) is 3.12. The summed E-state index contributed by atoms with van der Waals surface area (Å²) in [6.07, 6.45) is 0. The second kappa shape index (κ2) is 7.98. The summed E-state index contributed by atoms with van der Waals surface area (Å²) in [4.78, 5) is 30.1. The Balaban J connectivity index is 1.70. The second-order valence-corrected chi connectivity index (χ2v) is 7.40. The van der Waals surface area contributed by atoms with Crippen LogP contribution in [0, 0.1) is 6.92 Å². The van der Waals surface area contributed by atoms with Gasteiger partial charge in [0, 0.05) is 24.9 Å². The minimum atomic E-state index is -0.273. The van der Waals surface area contributed by atoms with Gasteiger partial charge in [0.05, 0.1) is 17.5 Å². The zero-order chi connectivity index (χ0) is 20.4. The number of carbonyl (C=O) groups is 1. The van der Waals surface area contributed by atoms with E-state index in [0.717, 1.165) is 11.3 Å². The van der Waals surface area contributed by atoms with Gasteiger partial charge in [-0.05, 0) is 36.8 Å². The number of benzene rings is 2. The zero-order valence-corrected chi connectivity index (χ0v) is 16.7. The van der Waals surface area contributed by atoms with Crippen molar-refractivity contribution in [3.8, 4) is 0 Å². The summed E-state index contributed by atoms with van der Waals surface area (Å²) < 4.78 is 6.22. The summed E-state index contributed by atoms with van der Waals surface area (Å²) in [5.74, 6) is -0.239. The summed E-state index contributed by atoms with van der Waals surface area (Å²) in [5, 5.41) is 11.3. The highest BCUT2D eigenvalue weighted by Gasteiger charge is 2.14. The van der Waals surface area contributed by atoms with Gasteiger partial charge in [0.15, 0.2) is 0 Å². The molecule has 0 unspecified atom stereocenters. The number of nitrogens with one attached hydrogen (secondary N) is 2. The quantitative estimate of drug-likeness (QED) is 0.475. The molecule has 8 nitrogen and oxygen atoms in total. The normalized spacial score (nSPS) is 11.1. The number of anilines is 2. The number of aromatic nitrogens is 3. The molecule has 0 fully saturated rings. The number of rotatable bonds is 6. The third-order valence-corrected chi connectivity index (χ3v) is 5.26. The van der Waals surface area contributed by atoms with Gasteiger partial charge in [0.25, 0.3) is 11.5 Å². The van der Waals surface area contributed by atoms with E-state index in [1.54, 1.807) is 25.3 Å². The van der Waals surface area contributed by atoms with Crippen molar-refractivity contribution in [2.24, 2.45) is 0 Å². The lowest BCUT2D eigenvalue weighted by atomic mass is 10.1. The number of carbonyl (C=O) groups excluding carboxylic acids is 1. The van der Waals surface area contributed by atoms with Crippen molar-refractivity contribution >= 4 is 43.9 Å². The number of para-hydroxylation sites is 1. The molecule has 2 heterocycles. The lowest BCUT2D eigenvalue weighted by molar-refractivity contribution is 0.0937. The van der Waals surface area contributed by atoms with E-state index in [2.05, 4.69) is 20.7 Å². The Morgan fingerprint density at radius 2 is 2.07 bits per heavy atom. The van der Waals surface area contributed by atoms with Crippen LogP contribution < -0.4 is 16.2 Å². The van der Waals surface area contributed by atoms with E-state index in [-0.39, 0.29) is 11.5 Å². The highest BCUT2D eigenvalue weighted by atomic mass is 32.1. The Kier molecular flexibility index (Phi) is 5.24. The number of amides is 1. The molecular weight excluding hydrogens is 390 g/mol. The van der Waals surface area contributed by atoms with Crippen LogP contribution in [0.15, 0.2) is 47.3 Å². The number of nitrogens with zero attached hydrogens (tertiary/aromatic N) is 3. The van der Waals surface area contributed by atoms with Gasteiger partial charge in [0.2, 0.25) is 10.1 Å². The standard InChI is InChI=1S/C20H19N5O3S/c1-12-5-3-4-6-15(12)22-19-24-25-18(27)14-8-7-13(17(26)21-9-10-28-2)11-16(14)23-20(25)29-19/h3-8,11H,9-10H2,1-2H3,(H,21,26)(H,22,24). The first-order valence-electron chi connectivity index (χ1n) is 9.00. The van der Waals surface area contributed by atoms with Crippen LogP contribution in [0.25, 0.3) is 15.9 Å². The maximum Gasteiger partial charge on any atom is 0.283 e. The van der Waals surface area contributed by atoms with E-state index in [1.807, 2.05) is 31.2 Å². The highest BCUT2D eigenvalue weighted by Crippen LogP contribution is 2.24. The summed E-state index contributed by atoms with van der Waals surface area (Å²) in [6.45, 7) is 2.83. The summed E-state index contributed by atoms with van der Waals surface area (Å²) in [7, 11) is 1.57. The van der Waals surface area contributed by atoms with Gasteiger partial charge in [0.1, 0.15) is 0 Å². The van der Waals surface area contributed by atoms with E-state index in [4.69, 9.17) is 4.74 Å². The fourth-order valence-electron chi connectivity index (χ4n) is 2.90. The Hall–Kier alpha value is -3.30. The third-order valence-electron chi connectivity index (χ3n) is 4.44. The molecule has 0 aliphatic carbocycles. The minimum Gasteiger partial charge on any atom is -0.383 e. The molecule has 29 heavy (non-hydrogen) atoms. The molecule has 4 rings (SSSR count). The van der Waals surface area contributed by atoms with Crippen molar-refractivity contribution in [2.45, 2.75) is 6.92 Å². The molecule has 148 valence electrons. The largest absolute Gasteiger partial charge is 0.383 e. The molecule has 1 amide bonds. The van der Waals surface area contributed by atoms with E-state index in [1.165, 1.54) is 15.9 Å². The van der Waals surface area contributed by atoms with Crippen LogP contribution in [0.1, 0.15) is 15.9 Å². The number of ether oxygens (including phenoxy) is 1. The topological polar surface area (TPSA) is 97.6 Å². The van der Waals surface area contributed by atoms with Gasteiger partial charge in [-0.3, -0.25) is 9.59 Å². The Labute approximate surface area is 170 Å². The van der Waals surface area contributed by atoms with Gasteiger partial charge < -0.3 is 15.4 Å². The lowest BCUT2D eigenvalue weighted by Crippen LogP contribution is -2.27. The first-order chi connectivity index (χ1) is 14.1. The predicted octanol–water partition coefficient (Wildman–Crippen LogP) is 2.73. The average molecular weight is 409 g/mol. The van der Waals surface area contributed by atoms with Crippen LogP contribution in [-0.4, -0.2) is 40.8 Å². The van der Waals surface area contributed by atoms with Gasteiger partial charge in [-0.1, -0.05) is 29.5 Å². The molecule has 0 radical (unpaired) electrons. The van der Waals surface area contributed by atoms with Crippen LogP contribution in [0.3, 0.4) is 0 Å². The number of hydrogen-bond acceptors (Lipinski definition) is 7. The smallest absolute Gasteiger partial charge is 0.283 e. The molecule has 0 bridgehead atoms. The van der Waals surface area contributed by atoms with Gasteiger partial charge in [-0.15, -0.1) is 5.10 Å². The van der Waals surface area contributed by atoms with Gasteiger partial charge in [-0.25, -0.2) is 4.98 Å². The van der Waals surface area contributed by atoms with Crippen molar-refractivity contribution in [1.82, 2.24) is 19.9 Å². The van der Waals surface area contributed by atoms with E-state index >= 15 is 0 Å². The van der Waals surface area contributed by atoms with Gasteiger partial charge >= 0.3 is 0 Å². The molecule has 9 heteroatoms. The molecule has 0 aliphatic heterocycles. The molecule has 2 aromatic carbocycles. The van der Waals surface area contributed by atoms with Crippen molar-refractivity contribution in [3.63, 3.8) is 0 Å². The van der Waals surface area contributed by atoms with E-state index < -0.39 is 0 Å². The lowest BCUT2D eigenvalue weighted by Gasteiger charge is -2.05. The fraction of sp³-hybridized carbons (Fsp3) is 0.200. The third kappa shape index (κ3) is 3.82. The molecule has 0 spiro atoms.